The van der Waals surface area contributed by atoms with Crippen molar-refractivity contribution in [1.82, 2.24) is 9.97 Å². The van der Waals surface area contributed by atoms with Crippen molar-refractivity contribution in [2.24, 2.45) is 0 Å². The zero-order chi connectivity index (χ0) is 24.8. The van der Waals surface area contributed by atoms with Crippen molar-refractivity contribution in [3.63, 3.8) is 0 Å². The Kier molecular flexibility index (Phi) is 8.87. The topological polar surface area (TPSA) is 106 Å². The highest BCUT2D eigenvalue weighted by Crippen LogP contribution is 2.37. The lowest BCUT2D eigenvalue weighted by atomic mass is 10.0. The Labute approximate surface area is 199 Å². The Balaban J connectivity index is 2.29. The predicted molar refractivity (Wildman–Crippen MR) is 137 cm³/mol. The first-order valence-corrected chi connectivity index (χ1v) is 14.4. The predicted octanol–water partition coefficient (Wildman–Crippen LogP) is 5.25. The second-order valence-electron chi connectivity index (χ2n) is 9.94. The van der Waals surface area contributed by atoms with E-state index in [1.165, 1.54) is 0 Å². The van der Waals surface area contributed by atoms with Crippen molar-refractivity contribution in [2.45, 2.75) is 78.1 Å². The molecule has 8 heteroatoms. The van der Waals surface area contributed by atoms with Crippen molar-refractivity contribution in [3.05, 3.63) is 40.6 Å². The van der Waals surface area contributed by atoms with E-state index < -0.39 is 8.32 Å². The third-order valence-corrected chi connectivity index (χ3v) is 11.0. The molecule has 33 heavy (non-hydrogen) atoms. The summed E-state index contributed by atoms with van der Waals surface area (Å²) in [5.41, 5.74) is 9.71. The molecule has 180 valence electrons. The van der Waals surface area contributed by atoms with Crippen LogP contribution in [0.1, 0.15) is 56.5 Å². The third-order valence-electron chi connectivity index (χ3n) is 6.45. The van der Waals surface area contributed by atoms with Crippen LogP contribution in [-0.2, 0) is 17.3 Å². The molecule has 0 aliphatic rings. The zero-order valence-electron chi connectivity index (χ0n) is 21.4. The van der Waals surface area contributed by atoms with Crippen LogP contribution in [0.25, 0.3) is 0 Å². The van der Waals surface area contributed by atoms with E-state index in [9.17, 15) is 0 Å². The maximum Gasteiger partial charge on any atom is 0.222 e. The lowest BCUT2D eigenvalue weighted by Crippen LogP contribution is -2.45. The van der Waals surface area contributed by atoms with Gasteiger partial charge in [-0.25, -0.2) is 4.98 Å². The van der Waals surface area contributed by atoms with Crippen LogP contribution in [0.3, 0.4) is 0 Å². The van der Waals surface area contributed by atoms with Gasteiger partial charge in [0.15, 0.2) is 8.32 Å². The molecule has 0 radical (unpaired) electrons. The molecule has 3 N–H and O–H groups in total. The van der Waals surface area contributed by atoms with Crippen LogP contribution in [0.2, 0.25) is 18.1 Å². The van der Waals surface area contributed by atoms with E-state index in [1.54, 1.807) is 7.11 Å². The van der Waals surface area contributed by atoms with Gasteiger partial charge in [0.25, 0.3) is 0 Å². The molecular weight excluding hydrogens is 430 g/mol. The summed E-state index contributed by atoms with van der Waals surface area (Å²) in [6.45, 7) is 16.0. The first-order valence-electron chi connectivity index (χ1n) is 11.5. The number of rotatable bonds is 10. The van der Waals surface area contributed by atoms with Gasteiger partial charge in [0.1, 0.15) is 11.6 Å². The van der Waals surface area contributed by atoms with Crippen molar-refractivity contribution in [1.29, 1.82) is 5.26 Å². The molecule has 7 nitrogen and oxygen atoms in total. The SMILES string of the molecule is CC[C@@H](CNc1nc(N)nc(C)c1Cc1ccc(CC#N)cc1OC)O[Si](C)(C)C(C)(C)C. The van der Waals surface area contributed by atoms with Gasteiger partial charge in [0.05, 0.1) is 25.7 Å². The fourth-order valence-corrected chi connectivity index (χ4v) is 4.81. The van der Waals surface area contributed by atoms with Crippen LogP contribution in [0.15, 0.2) is 18.2 Å². The van der Waals surface area contributed by atoms with Gasteiger partial charge in [-0.1, -0.05) is 39.8 Å². The van der Waals surface area contributed by atoms with Crippen LogP contribution >= 0.6 is 0 Å². The number of nitrogens with zero attached hydrogens (tertiary/aromatic N) is 3. The Bertz CT molecular complexity index is 996. The van der Waals surface area contributed by atoms with Gasteiger partial charge in [-0.2, -0.15) is 10.2 Å². The van der Waals surface area contributed by atoms with Crippen molar-refractivity contribution < 1.29 is 9.16 Å². The number of aryl methyl sites for hydroxylation is 1. The molecule has 0 amide bonds. The van der Waals surface area contributed by atoms with E-state index in [-0.39, 0.29) is 17.1 Å². The molecule has 0 unspecified atom stereocenters. The van der Waals surface area contributed by atoms with Crippen LogP contribution in [0.4, 0.5) is 11.8 Å². The summed E-state index contributed by atoms with van der Waals surface area (Å²) in [7, 11) is -0.242. The van der Waals surface area contributed by atoms with E-state index in [1.807, 2.05) is 25.1 Å². The molecule has 0 saturated carbocycles. The van der Waals surface area contributed by atoms with Gasteiger partial charge < -0.3 is 20.2 Å². The quantitative estimate of drug-likeness (QED) is 0.458. The zero-order valence-corrected chi connectivity index (χ0v) is 22.4. The molecular formula is C25H39N5O2Si. The molecule has 1 aromatic heterocycles. The van der Waals surface area contributed by atoms with Crippen molar-refractivity contribution in [3.8, 4) is 11.8 Å². The van der Waals surface area contributed by atoms with E-state index in [0.717, 1.165) is 40.4 Å². The molecule has 0 aliphatic heterocycles. The van der Waals surface area contributed by atoms with E-state index in [0.29, 0.717) is 19.4 Å². The number of hydrogen-bond acceptors (Lipinski definition) is 7. The van der Waals surface area contributed by atoms with Gasteiger partial charge in [0, 0.05) is 24.2 Å². The second-order valence-corrected chi connectivity index (χ2v) is 14.7. The number of anilines is 2. The lowest BCUT2D eigenvalue weighted by Gasteiger charge is -2.39. The number of benzene rings is 1. The monoisotopic (exact) mass is 469 g/mol. The molecule has 0 spiro atoms. The molecule has 0 fully saturated rings. The summed E-state index contributed by atoms with van der Waals surface area (Å²) in [6.07, 6.45) is 1.92. The van der Waals surface area contributed by atoms with E-state index in [4.69, 9.17) is 20.2 Å². The van der Waals surface area contributed by atoms with Crippen molar-refractivity contribution >= 4 is 20.1 Å². The highest BCUT2D eigenvalue weighted by atomic mass is 28.4. The van der Waals surface area contributed by atoms with Crippen LogP contribution in [0, 0.1) is 18.3 Å². The number of nitrogens with two attached hydrogens (primary N) is 1. The number of nitrogen functional groups attached to an aromatic ring is 1. The Hall–Kier alpha value is -2.63. The fraction of sp³-hybridized carbons (Fsp3) is 0.560. The minimum Gasteiger partial charge on any atom is -0.496 e. The smallest absolute Gasteiger partial charge is 0.222 e. The van der Waals surface area contributed by atoms with Gasteiger partial charge in [-0.05, 0) is 48.7 Å². The van der Waals surface area contributed by atoms with E-state index >= 15 is 0 Å². The molecule has 2 rings (SSSR count). The highest BCUT2D eigenvalue weighted by molar-refractivity contribution is 6.74. The van der Waals surface area contributed by atoms with Crippen LogP contribution in [0.5, 0.6) is 5.75 Å². The normalized spacial score (nSPS) is 12.8. The number of nitrogens with one attached hydrogen (secondary N) is 1. The largest absolute Gasteiger partial charge is 0.496 e. The summed E-state index contributed by atoms with van der Waals surface area (Å²) in [5, 5.41) is 12.6. The standard InChI is InChI=1S/C25H39N5O2Si/c1-9-20(32-33(7,8)25(3,4)5)16-28-23-21(17(2)29-24(27)30-23)15-19-11-10-18(12-13-26)14-22(19)31-6/h10-11,14,20H,9,12,15-16H2,1-8H3,(H3,27,28,29,30)/t20-/m0/s1. The molecule has 0 bridgehead atoms. The molecule has 2 aromatic rings. The number of ether oxygens (including phenoxy) is 1. The van der Waals surface area contributed by atoms with Crippen molar-refractivity contribution in [2.75, 3.05) is 24.7 Å². The number of aromatic nitrogens is 2. The average Bonchev–Trinajstić information content (AvgIpc) is 2.73. The highest BCUT2D eigenvalue weighted by Gasteiger charge is 2.38. The van der Waals surface area contributed by atoms with Gasteiger partial charge in [-0.3, -0.25) is 0 Å². The maximum absolute atomic E-state index is 8.99. The van der Waals surface area contributed by atoms with Gasteiger partial charge in [-0.15, -0.1) is 0 Å². The molecule has 1 aromatic carbocycles. The first kappa shape index (κ1) is 26.6. The van der Waals surface area contributed by atoms with E-state index in [2.05, 4.69) is 62.1 Å². The molecule has 0 aliphatic carbocycles. The summed E-state index contributed by atoms with van der Waals surface area (Å²) in [4.78, 5) is 8.90. The first-order chi connectivity index (χ1) is 15.4. The maximum atomic E-state index is 8.99. The van der Waals surface area contributed by atoms with Gasteiger partial charge in [0.2, 0.25) is 5.95 Å². The number of hydrogen-bond donors (Lipinski definition) is 2. The summed E-state index contributed by atoms with van der Waals surface area (Å²) in [5.74, 6) is 1.71. The van der Waals surface area contributed by atoms with Crippen LogP contribution < -0.4 is 15.8 Å². The second kappa shape index (κ2) is 11.0. The Morgan fingerprint density at radius 1 is 1.24 bits per heavy atom. The van der Waals surface area contributed by atoms with Crippen LogP contribution in [-0.4, -0.2) is 38.0 Å². The minimum absolute atomic E-state index is 0.0787. The van der Waals surface area contributed by atoms with Gasteiger partial charge >= 0.3 is 0 Å². The lowest BCUT2D eigenvalue weighted by molar-refractivity contribution is 0.188. The average molecular weight is 470 g/mol. The minimum atomic E-state index is -1.89. The summed E-state index contributed by atoms with van der Waals surface area (Å²) in [6, 6.07) is 8.06. The molecule has 1 atom stereocenters. The fourth-order valence-electron chi connectivity index (χ4n) is 3.38. The Morgan fingerprint density at radius 2 is 1.94 bits per heavy atom. The third kappa shape index (κ3) is 6.92. The summed E-state index contributed by atoms with van der Waals surface area (Å²) >= 11 is 0. The molecule has 0 saturated heterocycles. The number of nitriles is 1. The molecule has 1 heterocycles. The summed E-state index contributed by atoms with van der Waals surface area (Å²) < 4.78 is 12.2. The number of methoxy groups -OCH3 is 1. The Morgan fingerprint density at radius 3 is 2.52 bits per heavy atom.